The molecule has 0 spiro atoms. The van der Waals surface area contributed by atoms with Gasteiger partial charge in [-0.05, 0) is 49.8 Å². The average molecular weight is 354 g/mol. The molecule has 4 nitrogen and oxygen atoms in total. The third-order valence-electron chi connectivity index (χ3n) is 4.42. The number of alkyl halides is 2. The van der Waals surface area contributed by atoms with Gasteiger partial charge in [0.05, 0.1) is 5.56 Å². The van der Waals surface area contributed by atoms with E-state index >= 15 is 0 Å². The molecule has 2 N–H and O–H groups in total. The summed E-state index contributed by atoms with van der Waals surface area (Å²) in [4.78, 5) is 23.3. The SMILES string of the molecule is C=CC(=O)NCC1CCC(NC(=O)c2cc(C(F)F)ccc2F)CC1. The van der Waals surface area contributed by atoms with Crippen LogP contribution in [0.3, 0.4) is 0 Å². The molecule has 7 heteroatoms. The van der Waals surface area contributed by atoms with Crippen LogP contribution in [-0.4, -0.2) is 24.4 Å². The van der Waals surface area contributed by atoms with Crippen LogP contribution in [0.1, 0.15) is 48.0 Å². The van der Waals surface area contributed by atoms with Crippen LogP contribution in [0.4, 0.5) is 13.2 Å². The van der Waals surface area contributed by atoms with Crippen molar-refractivity contribution in [1.29, 1.82) is 0 Å². The molecule has 1 aromatic rings. The highest BCUT2D eigenvalue weighted by molar-refractivity contribution is 5.94. The van der Waals surface area contributed by atoms with Crippen molar-refractivity contribution in [2.24, 2.45) is 5.92 Å². The molecule has 0 aromatic heterocycles. The molecule has 1 aliphatic rings. The fourth-order valence-electron chi connectivity index (χ4n) is 2.94. The molecule has 25 heavy (non-hydrogen) atoms. The monoisotopic (exact) mass is 354 g/mol. The predicted molar refractivity (Wildman–Crippen MR) is 87.8 cm³/mol. The molecule has 1 aromatic carbocycles. The molecular formula is C18H21F3N2O2. The Kier molecular flexibility index (Phi) is 6.61. The zero-order chi connectivity index (χ0) is 18.4. The Morgan fingerprint density at radius 2 is 1.92 bits per heavy atom. The lowest BCUT2D eigenvalue weighted by Crippen LogP contribution is -2.39. The number of nitrogens with one attached hydrogen (secondary N) is 2. The van der Waals surface area contributed by atoms with E-state index in [1.807, 2.05) is 0 Å². The van der Waals surface area contributed by atoms with Crippen LogP contribution in [0.2, 0.25) is 0 Å². The molecule has 1 fully saturated rings. The van der Waals surface area contributed by atoms with Crippen molar-refractivity contribution >= 4 is 11.8 Å². The molecule has 0 radical (unpaired) electrons. The average Bonchev–Trinajstić information content (AvgIpc) is 2.60. The summed E-state index contributed by atoms with van der Waals surface area (Å²) in [6.45, 7) is 3.94. The molecule has 0 unspecified atom stereocenters. The Morgan fingerprint density at radius 3 is 2.52 bits per heavy atom. The maximum atomic E-state index is 13.8. The van der Waals surface area contributed by atoms with E-state index in [0.29, 0.717) is 25.3 Å². The number of benzene rings is 1. The Hall–Kier alpha value is -2.31. The number of hydrogen-bond acceptors (Lipinski definition) is 2. The largest absolute Gasteiger partial charge is 0.352 e. The van der Waals surface area contributed by atoms with Gasteiger partial charge in [-0.1, -0.05) is 12.6 Å². The lowest BCUT2D eigenvalue weighted by molar-refractivity contribution is -0.116. The zero-order valence-corrected chi connectivity index (χ0v) is 13.7. The normalized spacial score (nSPS) is 20.2. The topological polar surface area (TPSA) is 58.2 Å². The van der Waals surface area contributed by atoms with E-state index in [4.69, 9.17) is 0 Å². The Balaban J connectivity index is 1.87. The molecule has 0 bridgehead atoms. The first-order chi connectivity index (χ1) is 11.9. The summed E-state index contributed by atoms with van der Waals surface area (Å²) in [5.74, 6) is -1.40. The van der Waals surface area contributed by atoms with Gasteiger partial charge in [-0.2, -0.15) is 0 Å². The summed E-state index contributed by atoms with van der Waals surface area (Å²) in [7, 11) is 0. The van der Waals surface area contributed by atoms with Gasteiger partial charge >= 0.3 is 0 Å². The Bertz CT molecular complexity index is 641. The number of halogens is 3. The highest BCUT2D eigenvalue weighted by atomic mass is 19.3. The van der Waals surface area contributed by atoms with Gasteiger partial charge in [0, 0.05) is 18.2 Å². The van der Waals surface area contributed by atoms with Crippen LogP contribution < -0.4 is 10.6 Å². The van der Waals surface area contributed by atoms with Gasteiger partial charge in [-0.3, -0.25) is 9.59 Å². The number of rotatable bonds is 6. The summed E-state index contributed by atoms with van der Waals surface area (Å²) in [6, 6.07) is 2.62. The maximum Gasteiger partial charge on any atom is 0.263 e. The van der Waals surface area contributed by atoms with Crippen molar-refractivity contribution in [3.8, 4) is 0 Å². The minimum Gasteiger partial charge on any atom is -0.352 e. The maximum absolute atomic E-state index is 13.8. The molecule has 2 rings (SSSR count). The number of carbonyl (C=O) groups excluding carboxylic acids is 2. The minimum absolute atomic E-state index is 0.131. The summed E-state index contributed by atoms with van der Waals surface area (Å²) in [5, 5.41) is 5.45. The van der Waals surface area contributed by atoms with E-state index in [0.717, 1.165) is 31.0 Å². The minimum atomic E-state index is -2.76. The Morgan fingerprint density at radius 1 is 1.24 bits per heavy atom. The van der Waals surface area contributed by atoms with E-state index in [2.05, 4.69) is 17.2 Å². The van der Waals surface area contributed by atoms with Crippen LogP contribution in [0.15, 0.2) is 30.9 Å². The first kappa shape index (κ1) is 19.0. The number of carbonyl (C=O) groups is 2. The number of amides is 2. The van der Waals surface area contributed by atoms with Crippen LogP contribution in [0.25, 0.3) is 0 Å². The van der Waals surface area contributed by atoms with Crippen LogP contribution >= 0.6 is 0 Å². The molecule has 0 heterocycles. The highest BCUT2D eigenvalue weighted by Crippen LogP contribution is 2.25. The summed E-state index contributed by atoms with van der Waals surface area (Å²) in [5.41, 5.74) is -0.744. The van der Waals surface area contributed by atoms with E-state index in [1.54, 1.807) is 0 Å². The third kappa shape index (κ3) is 5.34. The van der Waals surface area contributed by atoms with Crippen molar-refractivity contribution in [2.75, 3.05) is 6.54 Å². The molecule has 0 aliphatic heterocycles. The Labute approximate surface area is 144 Å². The highest BCUT2D eigenvalue weighted by Gasteiger charge is 2.24. The molecule has 2 amide bonds. The van der Waals surface area contributed by atoms with Crippen molar-refractivity contribution in [3.63, 3.8) is 0 Å². The molecule has 0 saturated heterocycles. The van der Waals surface area contributed by atoms with Gasteiger partial charge in [0.1, 0.15) is 5.82 Å². The van der Waals surface area contributed by atoms with E-state index in [-0.39, 0.29) is 23.1 Å². The van der Waals surface area contributed by atoms with Gasteiger partial charge in [0.2, 0.25) is 5.91 Å². The van der Waals surface area contributed by atoms with Crippen molar-refractivity contribution in [1.82, 2.24) is 10.6 Å². The van der Waals surface area contributed by atoms with E-state index in [1.165, 1.54) is 6.08 Å². The third-order valence-corrected chi connectivity index (χ3v) is 4.42. The second-order valence-corrected chi connectivity index (χ2v) is 6.18. The van der Waals surface area contributed by atoms with Gasteiger partial charge in [-0.25, -0.2) is 13.2 Å². The molecule has 1 aliphatic carbocycles. The van der Waals surface area contributed by atoms with E-state index in [9.17, 15) is 22.8 Å². The first-order valence-corrected chi connectivity index (χ1v) is 8.19. The van der Waals surface area contributed by atoms with Crippen molar-refractivity contribution < 1.29 is 22.8 Å². The standard InChI is InChI=1S/C18H21F3N2O2/c1-2-16(24)22-10-11-3-6-13(7-4-11)23-18(25)14-9-12(17(20)21)5-8-15(14)19/h2,5,8-9,11,13,17H,1,3-4,6-7,10H2,(H,22,24)(H,23,25). The van der Waals surface area contributed by atoms with Gasteiger partial charge in [0.25, 0.3) is 12.3 Å². The fraction of sp³-hybridized carbons (Fsp3) is 0.444. The van der Waals surface area contributed by atoms with Crippen molar-refractivity contribution in [3.05, 3.63) is 47.8 Å². The van der Waals surface area contributed by atoms with Gasteiger partial charge < -0.3 is 10.6 Å². The fourth-order valence-corrected chi connectivity index (χ4v) is 2.94. The van der Waals surface area contributed by atoms with Crippen LogP contribution in [0, 0.1) is 11.7 Å². The molecule has 0 atom stereocenters. The molecule has 136 valence electrons. The quantitative estimate of drug-likeness (QED) is 0.770. The van der Waals surface area contributed by atoms with E-state index < -0.39 is 18.1 Å². The molecule has 1 saturated carbocycles. The van der Waals surface area contributed by atoms with Gasteiger partial charge in [-0.15, -0.1) is 0 Å². The lowest BCUT2D eigenvalue weighted by atomic mass is 9.86. The summed E-state index contributed by atoms with van der Waals surface area (Å²) < 4.78 is 39.2. The smallest absolute Gasteiger partial charge is 0.263 e. The lowest BCUT2D eigenvalue weighted by Gasteiger charge is -2.29. The van der Waals surface area contributed by atoms with Crippen molar-refractivity contribution in [2.45, 2.75) is 38.2 Å². The van der Waals surface area contributed by atoms with Gasteiger partial charge in [0.15, 0.2) is 0 Å². The second kappa shape index (κ2) is 8.69. The summed E-state index contributed by atoms with van der Waals surface area (Å²) in [6.07, 6.45) is 1.46. The van der Waals surface area contributed by atoms with Crippen LogP contribution in [-0.2, 0) is 4.79 Å². The predicted octanol–water partition coefficient (Wildman–Crippen LogP) is 3.35. The summed E-state index contributed by atoms with van der Waals surface area (Å²) >= 11 is 0. The molecular weight excluding hydrogens is 333 g/mol. The second-order valence-electron chi connectivity index (χ2n) is 6.18. The van der Waals surface area contributed by atoms with Crippen LogP contribution in [0.5, 0.6) is 0 Å². The number of hydrogen-bond donors (Lipinski definition) is 2. The first-order valence-electron chi connectivity index (χ1n) is 8.19. The zero-order valence-electron chi connectivity index (χ0n) is 13.7.